The maximum atomic E-state index is 10.6. The predicted molar refractivity (Wildman–Crippen MR) is 65.4 cm³/mol. The first-order valence-electron chi connectivity index (χ1n) is 5.53. The van der Waals surface area contributed by atoms with Gasteiger partial charge in [-0.2, -0.15) is 0 Å². The third-order valence-corrected chi connectivity index (χ3v) is 3.08. The van der Waals surface area contributed by atoms with Crippen molar-refractivity contribution < 1.29 is 19.1 Å². The summed E-state index contributed by atoms with van der Waals surface area (Å²) in [5, 5.41) is 17.5. The summed E-state index contributed by atoms with van der Waals surface area (Å²) < 4.78 is 10.7. The number of hydrogen-bond donors (Lipinski definition) is 0. The van der Waals surface area contributed by atoms with Gasteiger partial charge in [0.05, 0.1) is 11.2 Å². The first kappa shape index (κ1) is 13.4. The molecule has 2 aromatic rings. The Morgan fingerprint density at radius 1 is 1.42 bits per heavy atom. The van der Waals surface area contributed by atoms with Crippen LogP contribution in [0.2, 0.25) is 0 Å². The van der Waals surface area contributed by atoms with Crippen molar-refractivity contribution in [1.29, 1.82) is 0 Å². The van der Waals surface area contributed by atoms with Crippen LogP contribution < -0.4 is 9.84 Å². The van der Waals surface area contributed by atoms with E-state index < -0.39 is 11.2 Å². The third kappa shape index (κ3) is 3.99. The molecule has 7 heteroatoms. The molecule has 0 saturated carbocycles. The van der Waals surface area contributed by atoms with Gasteiger partial charge in [0.2, 0.25) is 0 Å². The maximum Gasteiger partial charge on any atom is 0.277 e. The molecule has 2 rings (SSSR count). The van der Waals surface area contributed by atoms with E-state index in [0.717, 1.165) is 11.8 Å². The number of hydrogen-bond acceptors (Lipinski definition) is 7. The van der Waals surface area contributed by atoms with E-state index in [2.05, 4.69) is 10.2 Å². The van der Waals surface area contributed by atoms with Crippen LogP contribution in [0.4, 0.5) is 0 Å². The molecule has 0 unspecified atom stereocenters. The highest BCUT2D eigenvalue weighted by Gasteiger charge is 2.12. The summed E-state index contributed by atoms with van der Waals surface area (Å²) in [4.78, 5) is 10.6. The molecule has 6 nitrogen and oxygen atoms in total. The zero-order valence-electron chi connectivity index (χ0n) is 10.1. The van der Waals surface area contributed by atoms with Crippen LogP contribution in [0.15, 0.2) is 40.0 Å². The Labute approximate surface area is 113 Å². The highest BCUT2D eigenvalue weighted by molar-refractivity contribution is 8.00. The molecule has 19 heavy (non-hydrogen) atoms. The summed E-state index contributed by atoms with van der Waals surface area (Å²) >= 11 is 0.936. The molecule has 100 valence electrons. The summed E-state index contributed by atoms with van der Waals surface area (Å²) in [5.41, 5.74) is 0. The number of carboxylic acids is 1. The highest BCUT2D eigenvalue weighted by Crippen LogP contribution is 2.21. The molecule has 0 spiro atoms. The van der Waals surface area contributed by atoms with Crippen molar-refractivity contribution in [2.75, 3.05) is 0 Å². The van der Waals surface area contributed by atoms with Gasteiger partial charge in [-0.25, -0.2) is 0 Å². The van der Waals surface area contributed by atoms with Crippen molar-refractivity contribution >= 4 is 17.7 Å². The number of carbonyl (C=O) groups is 1. The van der Waals surface area contributed by atoms with Gasteiger partial charge in [-0.3, -0.25) is 0 Å². The number of nitrogens with zero attached hydrogens (tertiary/aromatic N) is 2. The lowest BCUT2D eigenvalue weighted by molar-refractivity contribution is -0.304. The molecular formula is C12H11N2O4S-. The number of benzene rings is 1. The van der Waals surface area contributed by atoms with Crippen LogP contribution in [0.5, 0.6) is 5.75 Å². The highest BCUT2D eigenvalue weighted by atomic mass is 32.2. The minimum Gasteiger partial charge on any atom is -0.549 e. The van der Waals surface area contributed by atoms with Gasteiger partial charge in [-0.1, -0.05) is 30.0 Å². The molecule has 1 aromatic heterocycles. The fraction of sp³-hybridized carbons (Fsp3) is 0.250. The predicted octanol–water partition coefficient (Wildman–Crippen LogP) is 0.879. The summed E-state index contributed by atoms with van der Waals surface area (Å²) in [7, 11) is 0. The third-order valence-electron chi connectivity index (χ3n) is 2.16. The molecule has 0 aliphatic carbocycles. The fourth-order valence-electron chi connectivity index (χ4n) is 1.21. The average Bonchev–Trinajstić information content (AvgIpc) is 2.85. The number of aromatic nitrogens is 2. The van der Waals surface area contributed by atoms with E-state index in [1.165, 1.54) is 6.92 Å². The van der Waals surface area contributed by atoms with Crippen molar-refractivity contribution in [3.05, 3.63) is 36.2 Å². The number of rotatable bonds is 6. The number of carbonyl (C=O) groups excluding carboxylic acids is 1. The van der Waals surface area contributed by atoms with Gasteiger partial charge in [0, 0.05) is 0 Å². The van der Waals surface area contributed by atoms with Crippen LogP contribution in [0.25, 0.3) is 0 Å². The van der Waals surface area contributed by atoms with E-state index in [1.54, 1.807) is 0 Å². The van der Waals surface area contributed by atoms with Crippen LogP contribution >= 0.6 is 11.8 Å². The quantitative estimate of drug-likeness (QED) is 0.725. The van der Waals surface area contributed by atoms with E-state index in [0.29, 0.717) is 5.75 Å². The van der Waals surface area contributed by atoms with E-state index in [4.69, 9.17) is 9.15 Å². The average molecular weight is 279 g/mol. The first-order valence-corrected chi connectivity index (χ1v) is 6.41. The first-order chi connectivity index (χ1) is 9.15. The van der Waals surface area contributed by atoms with Gasteiger partial charge in [0.25, 0.3) is 11.1 Å². The number of thioether (sulfide) groups is 1. The normalized spacial score (nSPS) is 12.1. The zero-order chi connectivity index (χ0) is 13.7. The standard InChI is InChI=1S/C12H12N2O4S/c1-8(11(15)16)19-12-14-13-10(18-12)7-17-9-5-3-2-4-6-9/h2-6,8H,7H2,1H3,(H,15,16)/p-1/t8-/m1/s1. The summed E-state index contributed by atoms with van der Waals surface area (Å²) in [5.74, 6) is -0.194. The summed E-state index contributed by atoms with van der Waals surface area (Å²) in [6, 6.07) is 9.21. The molecule has 1 heterocycles. The van der Waals surface area contributed by atoms with Gasteiger partial charge in [-0.15, -0.1) is 10.2 Å². The van der Waals surface area contributed by atoms with Crippen molar-refractivity contribution in [2.24, 2.45) is 0 Å². The van der Waals surface area contributed by atoms with Crippen LogP contribution in [0.3, 0.4) is 0 Å². The molecular weight excluding hydrogens is 268 g/mol. The molecule has 0 bridgehead atoms. The van der Waals surface area contributed by atoms with Crippen molar-refractivity contribution in [2.45, 2.75) is 24.0 Å². The Kier molecular flexibility index (Phi) is 4.40. The Balaban J connectivity index is 1.89. The van der Waals surface area contributed by atoms with Crippen molar-refractivity contribution in [3.63, 3.8) is 0 Å². The van der Waals surface area contributed by atoms with E-state index in [9.17, 15) is 9.90 Å². The fourth-order valence-corrected chi connectivity index (χ4v) is 1.84. The molecule has 0 aliphatic rings. The number of ether oxygens (including phenoxy) is 1. The molecule has 0 amide bonds. The minimum absolute atomic E-state index is 0.136. The minimum atomic E-state index is -1.18. The Hall–Kier alpha value is -2.02. The molecule has 1 aromatic carbocycles. The van der Waals surface area contributed by atoms with E-state index in [-0.39, 0.29) is 17.7 Å². The second-order valence-electron chi connectivity index (χ2n) is 3.64. The molecule has 0 fully saturated rings. The number of carboxylic acid groups (broad SMARTS) is 1. The molecule has 0 N–H and O–H groups in total. The topological polar surface area (TPSA) is 88.3 Å². The Morgan fingerprint density at radius 3 is 2.84 bits per heavy atom. The Morgan fingerprint density at radius 2 is 2.16 bits per heavy atom. The second kappa shape index (κ2) is 6.24. The van der Waals surface area contributed by atoms with Gasteiger partial charge in [-0.05, 0) is 19.1 Å². The lowest BCUT2D eigenvalue weighted by Gasteiger charge is -2.07. The molecule has 0 aliphatic heterocycles. The largest absolute Gasteiger partial charge is 0.549 e. The Bertz CT molecular complexity index is 544. The summed E-state index contributed by atoms with van der Waals surface area (Å²) in [6.45, 7) is 1.63. The van der Waals surface area contributed by atoms with E-state index in [1.807, 2.05) is 30.3 Å². The van der Waals surface area contributed by atoms with Crippen molar-refractivity contribution in [3.8, 4) is 5.75 Å². The monoisotopic (exact) mass is 279 g/mol. The number of para-hydroxylation sites is 1. The maximum absolute atomic E-state index is 10.6. The van der Waals surface area contributed by atoms with Crippen LogP contribution in [-0.2, 0) is 11.4 Å². The number of aliphatic carboxylic acids is 1. The molecule has 0 saturated heterocycles. The molecule has 1 atom stereocenters. The van der Waals surface area contributed by atoms with E-state index >= 15 is 0 Å². The smallest absolute Gasteiger partial charge is 0.277 e. The van der Waals surface area contributed by atoms with Crippen molar-refractivity contribution in [1.82, 2.24) is 10.2 Å². The van der Waals surface area contributed by atoms with Crippen LogP contribution in [0.1, 0.15) is 12.8 Å². The van der Waals surface area contributed by atoms with Gasteiger partial charge < -0.3 is 19.1 Å². The van der Waals surface area contributed by atoms with Crippen LogP contribution in [-0.4, -0.2) is 21.4 Å². The van der Waals surface area contributed by atoms with Crippen LogP contribution in [0, 0.1) is 0 Å². The lowest BCUT2D eigenvalue weighted by atomic mass is 10.3. The second-order valence-corrected chi connectivity index (χ2v) is 4.93. The van der Waals surface area contributed by atoms with Gasteiger partial charge in [0.15, 0.2) is 6.61 Å². The lowest BCUT2D eigenvalue weighted by Crippen LogP contribution is -2.31. The molecule has 0 radical (unpaired) electrons. The van der Waals surface area contributed by atoms with Gasteiger partial charge in [0.1, 0.15) is 5.75 Å². The zero-order valence-corrected chi connectivity index (χ0v) is 10.9. The summed E-state index contributed by atoms with van der Waals surface area (Å²) in [6.07, 6.45) is 0. The van der Waals surface area contributed by atoms with Gasteiger partial charge >= 0.3 is 0 Å². The SMILES string of the molecule is C[C@@H](Sc1nnc(COc2ccccc2)o1)C(=O)[O-].